The lowest BCUT2D eigenvalue weighted by Crippen LogP contribution is -2.37. The van der Waals surface area contributed by atoms with Crippen molar-refractivity contribution in [2.45, 2.75) is 32.9 Å². The summed E-state index contributed by atoms with van der Waals surface area (Å²) in [7, 11) is 3.15. The van der Waals surface area contributed by atoms with Crippen LogP contribution in [0.3, 0.4) is 0 Å². The summed E-state index contributed by atoms with van der Waals surface area (Å²) in [6.45, 7) is 5.85. The van der Waals surface area contributed by atoms with Crippen molar-refractivity contribution in [2.75, 3.05) is 14.2 Å². The second-order valence-electron chi connectivity index (χ2n) is 5.57. The Morgan fingerprint density at radius 2 is 1.63 bits per heavy atom. The van der Waals surface area contributed by atoms with Crippen molar-refractivity contribution in [3.8, 4) is 11.5 Å². The topological polar surface area (TPSA) is 64.7 Å². The number of methoxy groups -OCH3 is 2. The van der Waals surface area contributed by atoms with E-state index < -0.39 is 12.1 Å². The molecule has 5 heteroatoms. The highest BCUT2D eigenvalue weighted by Gasteiger charge is 2.30. The second-order valence-corrected chi connectivity index (χ2v) is 6.42. The van der Waals surface area contributed by atoms with Crippen molar-refractivity contribution in [1.82, 2.24) is 0 Å². The van der Waals surface area contributed by atoms with Gasteiger partial charge in [-0.05, 0) is 23.1 Å². The predicted molar refractivity (Wildman–Crippen MR) is 79.6 cm³/mol. The van der Waals surface area contributed by atoms with Gasteiger partial charge in [0.1, 0.15) is 0 Å². The van der Waals surface area contributed by atoms with Crippen LogP contribution in [0.4, 0.5) is 0 Å². The van der Waals surface area contributed by atoms with Crippen LogP contribution in [-0.4, -0.2) is 25.4 Å². The van der Waals surface area contributed by atoms with Crippen LogP contribution in [-0.2, 0) is 0 Å². The zero-order valence-electron chi connectivity index (χ0n) is 12.0. The number of aliphatic hydroxyl groups excluding tert-OH is 1. The van der Waals surface area contributed by atoms with Crippen LogP contribution in [0.15, 0.2) is 16.6 Å². The maximum Gasteiger partial charge on any atom is 0.161 e. The first-order valence-electron chi connectivity index (χ1n) is 6.07. The van der Waals surface area contributed by atoms with E-state index in [1.54, 1.807) is 26.4 Å². The third-order valence-corrected chi connectivity index (χ3v) is 3.78. The molecule has 3 N–H and O–H groups in total. The zero-order chi connectivity index (χ0) is 14.8. The molecule has 0 aliphatic rings. The van der Waals surface area contributed by atoms with Crippen LogP contribution in [0.1, 0.15) is 32.4 Å². The lowest BCUT2D eigenvalue weighted by molar-refractivity contribution is 0.0398. The van der Waals surface area contributed by atoms with Crippen LogP contribution < -0.4 is 15.2 Å². The number of hydrogen-bond acceptors (Lipinski definition) is 4. The van der Waals surface area contributed by atoms with Crippen LogP contribution in [0.2, 0.25) is 0 Å². The molecule has 0 bridgehead atoms. The van der Waals surface area contributed by atoms with Crippen molar-refractivity contribution in [2.24, 2.45) is 11.1 Å². The lowest BCUT2D eigenvalue weighted by Gasteiger charge is -2.31. The van der Waals surface area contributed by atoms with Crippen molar-refractivity contribution in [3.63, 3.8) is 0 Å². The molecule has 0 saturated carbocycles. The fourth-order valence-electron chi connectivity index (χ4n) is 1.83. The smallest absolute Gasteiger partial charge is 0.161 e. The minimum Gasteiger partial charge on any atom is -0.493 e. The third-order valence-electron chi connectivity index (χ3n) is 3.09. The maximum atomic E-state index is 10.3. The van der Waals surface area contributed by atoms with Gasteiger partial charge in [0, 0.05) is 4.47 Å². The van der Waals surface area contributed by atoms with Gasteiger partial charge in [-0.3, -0.25) is 0 Å². The fourth-order valence-corrected chi connectivity index (χ4v) is 2.42. The van der Waals surface area contributed by atoms with E-state index >= 15 is 0 Å². The van der Waals surface area contributed by atoms with Gasteiger partial charge in [-0.25, -0.2) is 0 Å². The first-order chi connectivity index (χ1) is 8.72. The molecule has 19 heavy (non-hydrogen) atoms. The number of nitrogens with two attached hydrogens (primary N) is 1. The molecule has 0 aromatic heterocycles. The van der Waals surface area contributed by atoms with Crippen molar-refractivity contribution < 1.29 is 14.6 Å². The van der Waals surface area contributed by atoms with Crippen LogP contribution in [0.5, 0.6) is 11.5 Å². The molecule has 0 spiro atoms. The first-order valence-corrected chi connectivity index (χ1v) is 6.86. The summed E-state index contributed by atoms with van der Waals surface area (Å²) < 4.78 is 11.3. The Morgan fingerprint density at radius 1 is 1.16 bits per heavy atom. The van der Waals surface area contributed by atoms with Gasteiger partial charge in [0.15, 0.2) is 11.5 Å². The second kappa shape index (κ2) is 6.11. The number of hydrogen-bond donors (Lipinski definition) is 2. The Labute approximate surface area is 123 Å². The van der Waals surface area contributed by atoms with E-state index in [1.165, 1.54) is 0 Å². The van der Waals surface area contributed by atoms with Gasteiger partial charge in [-0.15, -0.1) is 0 Å². The van der Waals surface area contributed by atoms with Gasteiger partial charge < -0.3 is 20.3 Å². The highest BCUT2D eigenvalue weighted by molar-refractivity contribution is 9.10. The number of aliphatic hydroxyl groups is 1. The van der Waals surface area contributed by atoms with Crippen LogP contribution in [0.25, 0.3) is 0 Å². The van der Waals surface area contributed by atoms with Crippen LogP contribution in [0, 0.1) is 5.41 Å². The molecule has 0 fully saturated rings. The summed E-state index contributed by atoms with van der Waals surface area (Å²) in [5, 5.41) is 10.3. The molecule has 0 radical (unpaired) electrons. The molecule has 0 saturated heterocycles. The van der Waals surface area contributed by atoms with Crippen molar-refractivity contribution in [3.05, 3.63) is 22.2 Å². The van der Waals surface area contributed by atoms with Gasteiger partial charge in [-0.2, -0.15) is 0 Å². The van der Waals surface area contributed by atoms with Crippen molar-refractivity contribution >= 4 is 15.9 Å². The van der Waals surface area contributed by atoms with Gasteiger partial charge in [-0.1, -0.05) is 36.7 Å². The van der Waals surface area contributed by atoms with Crippen LogP contribution >= 0.6 is 15.9 Å². The summed E-state index contributed by atoms with van der Waals surface area (Å²) in [4.78, 5) is 0. The van der Waals surface area contributed by atoms with E-state index in [9.17, 15) is 5.11 Å². The number of ether oxygens (including phenoxy) is 2. The van der Waals surface area contributed by atoms with E-state index in [4.69, 9.17) is 15.2 Å². The Balaban J connectivity index is 3.20. The quantitative estimate of drug-likeness (QED) is 0.890. The predicted octanol–water partition coefficient (Wildman–Crippen LogP) is 2.87. The number of rotatable bonds is 4. The molecule has 0 aliphatic carbocycles. The highest BCUT2D eigenvalue weighted by Crippen LogP contribution is 2.38. The molecule has 1 aromatic rings. The Kier molecular flexibility index (Phi) is 5.24. The summed E-state index contributed by atoms with van der Waals surface area (Å²) in [6, 6.07) is 3.08. The zero-order valence-corrected chi connectivity index (χ0v) is 13.6. The van der Waals surface area contributed by atoms with Gasteiger partial charge >= 0.3 is 0 Å². The molecule has 108 valence electrons. The minimum atomic E-state index is -0.665. The SMILES string of the molecule is COc1cc(Br)c([C@@H](N)[C@@H](O)C(C)(C)C)cc1OC. The molecule has 4 nitrogen and oxygen atoms in total. The van der Waals surface area contributed by atoms with E-state index in [1.807, 2.05) is 20.8 Å². The summed E-state index contributed by atoms with van der Waals surface area (Å²) >= 11 is 3.46. The van der Waals surface area contributed by atoms with Gasteiger partial charge in [0.2, 0.25) is 0 Å². The molecule has 1 aromatic carbocycles. The van der Waals surface area contributed by atoms with E-state index in [-0.39, 0.29) is 5.41 Å². The molecule has 0 aliphatic heterocycles. The molecule has 0 unspecified atom stereocenters. The third kappa shape index (κ3) is 3.61. The normalized spacial score (nSPS) is 14.9. The van der Waals surface area contributed by atoms with E-state index in [0.29, 0.717) is 11.5 Å². The summed E-state index contributed by atoms with van der Waals surface area (Å²) in [6.07, 6.45) is -0.665. The van der Waals surface area contributed by atoms with E-state index in [0.717, 1.165) is 10.0 Å². The Bertz CT molecular complexity index is 443. The average molecular weight is 332 g/mol. The van der Waals surface area contributed by atoms with Gasteiger partial charge in [0.25, 0.3) is 0 Å². The van der Waals surface area contributed by atoms with E-state index in [2.05, 4.69) is 15.9 Å². The van der Waals surface area contributed by atoms with Crippen molar-refractivity contribution in [1.29, 1.82) is 0 Å². The summed E-state index contributed by atoms with van der Waals surface area (Å²) in [5.74, 6) is 1.22. The fraction of sp³-hybridized carbons (Fsp3) is 0.571. The highest BCUT2D eigenvalue weighted by atomic mass is 79.9. The molecule has 2 atom stereocenters. The Morgan fingerprint density at radius 3 is 2.05 bits per heavy atom. The first kappa shape index (κ1) is 16.3. The average Bonchev–Trinajstić information content (AvgIpc) is 2.35. The largest absolute Gasteiger partial charge is 0.493 e. The van der Waals surface area contributed by atoms with Gasteiger partial charge in [0.05, 0.1) is 26.4 Å². The summed E-state index contributed by atoms with van der Waals surface area (Å²) in [5.41, 5.74) is 6.66. The standard InChI is InChI=1S/C14H22BrNO3/c1-14(2,3)13(17)12(16)8-6-10(18-4)11(19-5)7-9(8)15/h6-7,12-13,17H,16H2,1-5H3/t12-,13-/m1/s1. The monoisotopic (exact) mass is 331 g/mol. The molecule has 1 rings (SSSR count). The molecular formula is C14H22BrNO3. The Hall–Kier alpha value is -0.780. The minimum absolute atomic E-state index is 0.300. The molecule has 0 heterocycles. The maximum absolute atomic E-state index is 10.3. The number of benzene rings is 1. The molecule has 0 amide bonds. The lowest BCUT2D eigenvalue weighted by atomic mass is 9.82. The number of halogens is 1. The molecular weight excluding hydrogens is 310 g/mol.